The molecule has 0 atom stereocenters. The summed E-state index contributed by atoms with van der Waals surface area (Å²) in [7, 11) is 1.71. The van der Waals surface area contributed by atoms with Crippen molar-refractivity contribution in [2.24, 2.45) is 4.99 Å². The monoisotopic (exact) mass is 447 g/mol. The molecule has 1 fully saturated rings. The average molecular weight is 448 g/mol. The van der Waals surface area contributed by atoms with Crippen LogP contribution in [-0.2, 0) is 17.8 Å². The van der Waals surface area contributed by atoms with Crippen molar-refractivity contribution in [3.63, 3.8) is 0 Å². The maximum Gasteiger partial charge on any atom is 0.224 e. The Morgan fingerprint density at radius 2 is 1.94 bits per heavy atom. The van der Waals surface area contributed by atoms with Crippen molar-refractivity contribution in [1.82, 2.24) is 15.1 Å². The lowest BCUT2D eigenvalue weighted by atomic mass is 10.1. The van der Waals surface area contributed by atoms with Crippen LogP contribution in [0.5, 0.6) is 0 Å². The molecule has 4 rings (SSSR count). The zero-order valence-electron chi connectivity index (χ0n) is 17.6. The summed E-state index contributed by atoms with van der Waals surface area (Å²) in [4.78, 5) is 24.2. The number of carbonyl (C=O) groups excluding carboxylic acids is 1. The van der Waals surface area contributed by atoms with Crippen molar-refractivity contribution in [2.75, 3.05) is 51.2 Å². The van der Waals surface area contributed by atoms with Gasteiger partial charge in [-0.1, -0.05) is 0 Å². The summed E-state index contributed by atoms with van der Waals surface area (Å²) in [5, 5.41) is 5.37. The van der Waals surface area contributed by atoms with E-state index in [1.54, 1.807) is 18.4 Å². The van der Waals surface area contributed by atoms with Crippen LogP contribution in [0, 0.1) is 11.6 Å². The highest BCUT2D eigenvalue weighted by atomic mass is 32.1. The number of thiophene rings is 1. The second-order valence-electron chi connectivity index (χ2n) is 7.73. The Kier molecular flexibility index (Phi) is 6.70. The number of nitrogens with one attached hydrogen (secondary N) is 1. The van der Waals surface area contributed by atoms with E-state index in [1.165, 1.54) is 16.5 Å². The van der Waals surface area contributed by atoms with Crippen LogP contribution < -0.4 is 10.2 Å². The van der Waals surface area contributed by atoms with Gasteiger partial charge < -0.3 is 20.0 Å². The molecule has 166 valence electrons. The molecule has 0 bridgehead atoms. The highest BCUT2D eigenvalue weighted by Crippen LogP contribution is 2.24. The number of halogens is 2. The first-order chi connectivity index (χ1) is 15.0. The third kappa shape index (κ3) is 4.98. The minimum Gasteiger partial charge on any atom is -0.366 e. The van der Waals surface area contributed by atoms with Gasteiger partial charge in [0.1, 0.15) is 11.6 Å². The molecule has 1 saturated heterocycles. The van der Waals surface area contributed by atoms with Crippen LogP contribution in [0.25, 0.3) is 0 Å². The Balaban J connectivity index is 1.24. The maximum absolute atomic E-state index is 14.0. The summed E-state index contributed by atoms with van der Waals surface area (Å²) >= 11 is 1.77. The summed E-state index contributed by atoms with van der Waals surface area (Å²) in [5.74, 6) is 0.0187. The average Bonchev–Trinajstić information content (AvgIpc) is 3.26. The molecule has 1 amide bonds. The van der Waals surface area contributed by atoms with Gasteiger partial charge in [0, 0.05) is 70.2 Å². The first-order valence-corrected chi connectivity index (χ1v) is 11.4. The lowest BCUT2D eigenvalue weighted by Gasteiger charge is -2.37. The van der Waals surface area contributed by atoms with E-state index in [2.05, 4.69) is 26.7 Å². The number of carbonyl (C=O) groups is 1. The predicted molar refractivity (Wildman–Crippen MR) is 120 cm³/mol. The Morgan fingerprint density at radius 1 is 1.13 bits per heavy atom. The van der Waals surface area contributed by atoms with E-state index in [0.29, 0.717) is 51.4 Å². The number of hydrogen-bond donors (Lipinski definition) is 1. The van der Waals surface area contributed by atoms with Gasteiger partial charge in [0.25, 0.3) is 0 Å². The molecule has 1 aromatic heterocycles. The molecule has 2 aliphatic rings. The fourth-order valence-corrected chi connectivity index (χ4v) is 5.01. The van der Waals surface area contributed by atoms with E-state index < -0.39 is 11.6 Å². The van der Waals surface area contributed by atoms with Crippen molar-refractivity contribution in [3.05, 3.63) is 51.7 Å². The number of aliphatic imine (C=N–C) groups is 1. The largest absolute Gasteiger partial charge is 0.366 e. The second-order valence-corrected chi connectivity index (χ2v) is 8.73. The lowest BCUT2D eigenvalue weighted by molar-refractivity contribution is -0.131. The highest BCUT2D eigenvalue weighted by molar-refractivity contribution is 7.10. The normalized spacial score (nSPS) is 17.0. The summed E-state index contributed by atoms with van der Waals surface area (Å²) in [5.41, 5.74) is 1.56. The van der Waals surface area contributed by atoms with Gasteiger partial charge in [0.15, 0.2) is 5.96 Å². The number of guanidine groups is 1. The van der Waals surface area contributed by atoms with Crippen molar-refractivity contribution >= 4 is 28.9 Å². The van der Waals surface area contributed by atoms with Gasteiger partial charge in [-0.25, -0.2) is 8.78 Å². The van der Waals surface area contributed by atoms with Crippen molar-refractivity contribution in [3.8, 4) is 0 Å². The summed E-state index contributed by atoms with van der Waals surface area (Å²) in [6.45, 7) is 4.39. The van der Waals surface area contributed by atoms with Gasteiger partial charge in [0.05, 0.1) is 5.69 Å². The van der Waals surface area contributed by atoms with Gasteiger partial charge in [-0.2, -0.15) is 0 Å². The third-order valence-corrected chi connectivity index (χ3v) is 6.85. The minimum atomic E-state index is -0.440. The molecule has 0 spiro atoms. The van der Waals surface area contributed by atoms with Crippen molar-refractivity contribution in [2.45, 2.75) is 19.4 Å². The van der Waals surface area contributed by atoms with Gasteiger partial charge in [0.2, 0.25) is 5.91 Å². The first-order valence-electron chi connectivity index (χ1n) is 10.5. The van der Waals surface area contributed by atoms with Crippen LogP contribution in [-0.4, -0.2) is 68.0 Å². The van der Waals surface area contributed by atoms with E-state index in [9.17, 15) is 13.6 Å². The molecule has 1 aromatic carbocycles. The van der Waals surface area contributed by atoms with Gasteiger partial charge in [-0.3, -0.25) is 9.79 Å². The first kappa shape index (κ1) is 21.5. The minimum absolute atomic E-state index is 0.145. The smallest absolute Gasteiger partial charge is 0.224 e. The molecule has 31 heavy (non-hydrogen) atoms. The van der Waals surface area contributed by atoms with E-state index in [4.69, 9.17) is 0 Å². The number of hydrogen-bond acceptors (Lipinski definition) is 4. The number of nitrogens with zero attached hydrogens (tertiary/aromatic N) is 4. The van der Waals surface area contributed by atoms with Crippen LogP contribution in [0.3, 0.4) is 0 Å². The van der Waals surface area contributed by atoms with Crippen LogP contribution >= 0.6 is 11.3 Å². The summed E-state index contributed by atoms with van der Waals surface area (Å²) in [6.07, 6.45) is 1.34. The molecule has 0 saturated carbocycles. The molecule has 1 N–H and O–H groups in total. The molecular formula is C22H27F2N5OS. The number of amides is 1. The Labute approximate surface area is 185 Å². The molecule has 3 heterocycles. The van der Waals surface area contributed by atoms with Crippen LogP contribution in [0.4, 0.5) is 14.5 Å². The van der Waals surface area contributed by atoms with Crippen LogP contribution in [0.2, 0.25) is 0 Å². The highest BCUT2D eigenvalue weighted by Gasteiger charge is 2.23. The molecule has 6 nitrogen and oxygen atoms in total. The predicted octanol–water partition coefficient (Wildman–Crippen LogP) is 2.70. The standard InChI is InChI=1S/C22H27F2N5OS/c1-25-22(26-7-4-21(30)29-8-5-20-16(15-29)6-13-31-20)28-11-9-27(10-12-28)19-14-17(23)2-3-18(19)24/h2-3,6,13-14H,4-5,7-12,15H2,1H3,(H,25,26). The van der Waals surface area contributed by atoms with E-state index >= 15 is 0 Å². The van der Waals surface area contributed by atoms with E-state index in [0.717, 1.165) is 31.1 Å². The quantitative estimate of drug-likeness (QED) is 0.579. The molecule has 0 radical (unpaired) electrons. The number of benzene rings is 1. The Bertz CT molecular complexity index is 955. The Hall–Kier alpha value is -2.68. The molecule has 2 aromatic rings. The second kappa shape index (κ2) is 9.64. The molecule has 0 unspecified atom stereocenters. The molecule has 2 aliphatic heterocycles. The zero-order valence-corrected chi connectivity index (χ0v) is 18.4. The van der Waals surface area contributed by atoms with E-state index in [-0.39, 0.29) is 5.91 Å². The van der Waals surface area contributed by atoms with Gasteiger partial charge in [-0.15, -0.1) is 11.3 Å². The number of piperazine rings is 1. The molecule has 0 aliphatic carbocycles. The summed E-state index contributed by atoms with van der Waals surface area (Å²) in [6, 6.07) is 5.64. The van der Waals surface area contributed by atoms with Crippen molar-refractivity contribution in [1.29, 1.82) is 0 Å². The fraction of sp³-hybridized carbons (Fsp3) is 0.455. The van der Waals surface area contributed by atoms with Crippen molar-refractivity contribution < 1.29 is 13.6 Å². The maximum atomic E-state index is 14.0. The lowest BCUT2D eigenvalue weighted by Crippen LogP contribution is -2.53. The number of fused-ring (bicyclic) bond motifs is 1. The SMILES string of the molecule is CN=C(NCCC(=O)N1CCc2sccc2C1)N1CCN(c2cc(F)ccc2F)CC1. The topological polar surface area (TPSA) is 51.2 Å². The number of rotatable bonds is 4. The number of anilines is 1. The molecule has 9 heteroatoms. The van der Waals surface area contributed by atoms with Crippen LogP contribution in [0.15, 0.2) is 34.6 Å². The Morgan fingerprint density at radius 3 is 2.71 bits per heavy atom. The van der Waals surface area contributed by atoms with Crippen LogP contribution in [0.1, 0.15) is 16.9 Å². The molecular weight excluding hydrogens is 420 g/mol. The summed E-state index contributed by atoms with van der Waals surface area (Å²) < 4.78 is 27.5. The van der Waals surface area contributed by atoms with Gasteiger partial charge >= 0.3 is 0 Å². The zero-order chi connectivity index (χ0) is 21.8. The fourth-order valence-electron chi connectivity index (χ4n) is 4.12. The third-order valence-electron chi connectivity index (χ3n) is 5.82. The van der Waals surface area contributed by atoms with Gasteiger partial charge in [-0.05, 0) is 35.6 Å². The van der Waals surface area contributed by atoms with E-state index in [1.807, 2.05) is 9.80 Å².